The summed E-state index contributed by atoms with van der Waals surface area (Å²) in [6.07, 6.45) is 3.72. The number of hydrogen-bond acceptors (Lipinski definition) is 3. The molecule has 2 N–H and O–H groups in total. The molecule has 1 saturated carbocycles. The van der Waals surface area contributed by atoms with Gasteiger partial charge in [-0.15, -0.1) is 0 Å². The molecular formula is C27H30F2N2O3. The van der Waals surface area contributed by atoms with Crippen LogP contribution in [0, 0.1) is 12.3 Å². The molecule has 7 heteroatoms. The fourth-order valence-electron chi connectivity index (χ4n) is 6.09. The number of nitrogens with one attached hydrogen (secondary N) is 1. The van der Waals surface area contributed by atoms with Gasteiger partial charge in [0.2, 0.25) is 5.92 Å². The van der Waals surface area contributed by atoms with Crippen molar-refractivity contribution in [3.05, 3.63) is 64.8 Å². The number of aromatic carboxylic acids is 1. The normalized spacial score (nSPS) is 24.6. The minimum atomic E-state index is -2.60. The van der Waals surface area contributed by atoms with Gasteiger partial charge >= 0.3 is 5.97 Å². The van der Waals surface area contributed by atoms with Crippen LogP contribution in [0.25, 0.3) is 10.9 Å². The molecule has 2 fully saturated rings. The third-order valence-corrected chi connectivity index (χ3v) is 7.89. The molecule has 2 aliphatic rings. The fourth-order valence-corrected chi connectivity index (χ4v) is 6.09. The molecule has 34 heavy (non-hydrogen) atoms. The highest BCUT2D eigenvalue weighted by Gasteiger charge is 2.52. The Bertz CT molecular complexity index is 1220. The Balaban J connectivity index is 1.52. The molecule has 1 aliphatic heterocycles. The van der Waals surface area contributed by atoms with Gasteiger partial charge in [0, 0.05) is 48.1 Å². The first-order valence-electron chi connectivity index (χ1n) is 11.8. The number of aromatic nitrogens is 1. The number of benzene rings is 2. The van der Waals surface area contributed by atoms with E-state index in [0.29, 0.717) is 25.9 Å². The van der Waals surface area contributed by atoms with Gasteiger partial charge in [-0.3, -0.25) is 4.90 Å². The van der Waals surface area contributed by atoms with Gasteiger partial charge in [-0.1, -0.05) is 12.1 Å². The predicted molar refractivity (Wildman–Crippen MR) is 127 cm³/mol. The van der Waals surface area contributed by atoms with E-state index in [4.69, 9.17) is 4.74 Å². The Hall–Kier alpha value is -2.93. The summed E-state index contributed by atoms with van der Waals surface area (Å²) in [5, 5.41) is 10.4. The summed E-state index contributed by atoms with van der Waals surface area (Å²) in [7, 11) is 1.67. The van der Waals surface area contributed by atoms with Gasteiger partial charge in [0.25, 0.3) is 0 Å². The van der Waals surface area contributed by atoms with Crippen LogP contribution in [0.2, 0.25) is 0 Å². The van der Waals surface area contributed by atoms with Gasteiger partial charge in [-0.2, -0.15) is 0 Å². The number of aromatic amines is 1. The van der Waals surface area contributed by atoms with Gasteiger partial charge < -0.3 is 14.8 Å². The van der Waals surface area contributed by atoms with Crippen LogP contribution in [0.3, 0.4) is 0 Å². The van der Waals surface area contributed by atoms with Crippen LogP contribution in [-0.4, -0.2) is 40.5 Å². The highest BCUT2D eigenvalue weighted by atomic mass is 19.3. The number of halogens is 2. The molecule has 1 saturated heterocycles. The molecule has 2 atom stereocenters. The molecule has 0 amide bonds. The van der Waals surface area contributed by atoms with E-state index >= 15 is 0 Å². The maximum absolute atomic E-state index is 14.3. The molecule has 1 spiro atoms. The van der Waals surface area contributed by atoms with E-state index in [1.165, 1.54) is 0 Å². The van der Waals surface area contributed by atoms with Crippen molar-refractivity contribution in [3.8, 4) is 5.75 Å². The van der Waals surface area contributed by atoms with E-state index in [1.54, 1.807) is 19.2 Å². The van der Waals surface area contributed by atoms with Gasteiger partial charge in [0.1, 0.15) is 5.75 Å². The summed E-state index contributed by atoms with van der Waals surface area (Å²) in [5.41, 5.74) is 4.06. The quantitative estimate of drug-likeness (QED) is 0.460. The Labute approximate surface area is 197 Å². The summed E-state index contributed by atoms with van der Waals surface area (Å²) >= 11 is 0. The highest BCUT2D eigenvalue weighted by Crippen LogP contribution is 2.56. The number of aryl methyl sites for hydroxylation is 1. The number of likely N-dealkylation sites (tertiary alicyclic amines) is 1. The van der Waals surface area contributed by atoms with Gasteiger partial charge in [-0.25, -0.2) is 13.6 Å². The van der Waals surface area contributed by atoms with E-state index in [1.807, 2.05) is 31.3 Å². The number of nitrogens with zero attached hydrogens (tertiary/aromatic N) is 1. The first-order chi connectivity index (χ1) is 16.2. The molecule has 180 valence electrons. The molecule has 5 rings (SSSR count). The standard InChI is InChI=1S/C27H30F2N2O3/c1-17-13-23(34-2)21(20-7-11-30-24(17)20)15-31-12-10-26(8-9-27(28,29)16-26)14-22(31)18-3-5-19(6-4-18)25(32)33/h3-7,11,13,22,30H,8-10,12,14-16H2,1-2H3,(H,32,33). The molecule has 2 unspecified atom stereocenters. The average Bonchev–Trinajstić information content (AvgIpc) is 3.42. The second-order valence-electron chi connectivity index (χ2n) is 10.0. The number of ether oxygens (including phenoxy) is 1. The molecule has 0 bridgehead atoms. The van der Waals surface area contributed by atoms with Crippen LogP contribution < -0.4 is 4.74 Å². The third-order valence-electron chi connectivity index (χ3n) is 7.89. The van der Waals surface area contributed by atoms with Crippen molar-refractivity contribution in [2.75, 3.05) is 13.7 Å². The Kier molecular flexibility index (Phi) is 5.63. The SMILES string of the molecule is COc1cc(C)c2[nH]ccc2c1CN1CCC2(CCC(F)(F)C2)CC1c1ccc(C(=O)O)cc1. The van der Waals surface area contributed by atoms with Crippen molar-refractivity contribution < 1.29 is 23.4 Å². The van der Waals surface area contributed by atoms with Crippen molar-refractivity contribution in [1.82, 2.24) is 9.88 Å². The molecule has 3 aromatic rings. The van der Waals surface area contributed by atoms with E-state index in [9.17, 15) is 18.7 Å². The molecule has 2 heterocycles. The number of rotatable bonds is 5. The van der Waals surface area contributed by atoms with Gasteiger partial charge in [0.15, 0.2) is 0 Å². The zero-order valence-corrected chi connectivity index (χ0v) is 19.5. The number of piperidine rings is 1. The molecule has 5 nitrogen and oxygen atoms in total. The smallest absolute Gasteiger partial charge is 0.335 e. The number of carboxylic acids is 1. The molecular weight excluding hydrogens is 438 g/mol. The van der Waals surface area contributed by atoms with E-state index in [0.717, 1.165) is 39.8 Å². The van der Waals surface area contributed by atoms with Crippen LogP contribution >= 0.6 is 0 Å². The first kappa shape index (κ1) is 22.8. The number of H-pyrrole nitrogens is 1. The van der Waals surface area contributed by atoms with Crippen LogP contribution in [0.5, 0.6) is 5.75 Å². The average molecular weight is 469 g/mol. The Morgan fingerprint density at radius 1 is 1.21 bits per heavy atom. The summed E-state index contributed by atoms with van der Waals surface area (Å²) in [5.74, 6) is -2.76. The van der Waals surface area contributed by atoms with Crippen LogP contribution in [0.4, 0.5) is 8.78 Å². The summed E-state index contributed by atoms with van der Waals surface area (Å²) in [6, 6.07) is 10.9. The first-order valence-corrected chi connectivity index (χ1v) is 11.8. The summed E-state index contributed by atoms with van der Waals surface area (Å²) < 4.78 is 34.3. The van der Waals surface area contributed by atoms with Crippen molar-refractivity contribution in [3.63, 3.8) is 0 Å². The fraction of sp³-hybridized carbons (Fsp3) is 0.444. The zero-order chi connectivity index (χ0) is 24.1. The molecule has 1 aromatic heterocycles. The Morgan fingerprint density at radius 3 is 2.62 bits per heavy atom. The lowest BCUT2D eigenvalue weighted by atomic mass is 9.72. The number of fused-ring (bicyclic) bond motifs is 1. The predicted octanol–water partition coefficient (Wildman–Crippen LogP) is 6.33. The van der Waals surface area contributed by atoms with Crippen LogP contribution in [-0.2, 0) is 6.54 Å². The van der Waals surface area contributed by atoms with Crippen molar-refractivity contribution in [2.45, 2.75) is 57.5 Å². The van der Waals surface area contributed by atoms with Crippen molar-refractivity contribution >= 4 is 16.9 Å². The number of carbonyl (C=O) groups is 1. The highest BCUT2D eigenvalue weighted by molar-refractivity contribution is 5.88. The maximum atomic E-state index is 14.3. The largest absolute Gasteiger partial charge is 0.496 e. The van der Waals surface area contributed by atoms with Gasteiger partial charge in [-0.05, 0) is 73.5 Å². The van der Waals surface area contributed by atoms with E-state index in [2.05, 4.69) is 16.0 Å². The maximum Gasteiger partial charge on any atom is 0.335 e. The lowest BCUT2D eigenvalue weighted by Crippen LogP contribution is -2.41. The number of hydrogen-bond donors (Lipinski definition) is 2. The Morgan fingerprint density at radius 2 is 1.97 bits per heavy atom. The summed E-state index contributed by atoms with van der Waals surface area (Å²) in [4.78, 5) is 17.0. The lowest BCUT2D eigenvalue weighted by molar-refractivity contribution is -0.0235. The van der Waals surface area contributed by atoms with Gasteiger partial charge in [0.05, 0.1) is 12.7 Å². The molecule has 1 aliphatic carbocycles. The molecule has 0 radical (unpaired) electrons. The van der Waals surface area contributed by atoms with E-state index in [-0.39, 0.29) is 29.9 Å². The second kappa shape index (κ2) is 8.38. The lowest BCUT2D eigenvalue weighted by Gasteiger charge is -2.45. The minimum Gasteiger partial charge on any atom is -0.496 e. The van der Waals surface area contributed by atoms with Crippen LogP contribution in [0.1, 0.15) is 65.2 Å². The minimum absolute atomic E-state index is 0.0482. The summed E-state index contributed by atoms with van der Waals surface area (Å²) in [6.45, 7) is 3.36. The monoisotopic (exact) mass is 468 g/mol. The van der Waals surface area contributed by atoms with Crippen LogP contribution in [0.15, 0.2) is 42.6 Å². The van der Waals surface area contributed by atoms with E-state index < -0.39 is 11.9 Å². The zero-order valence-electron chi connectivity index (χ0n) is 19.5. The second-order valence-corrected chi connectivity index (χ2v) is 10.0. The number of alkyl halides is 2. The van der Waals surface area contributed by atoms with Crippen molar-refractivity contribution in [1.29, 1.82) is 0 Å². The number of methoxy groups -OCH3 is 1. The molecule has 2 aromatic carbocycles. The number of carboxylic acid groups (broad SMARTS) is 1. The van der Waals surface area contributed by atoms with Crippen molar-refractivity contribution in [2.24, 2.45) is 5.41 Å². The topological polar surface area (TPSA) is 65.6 Å². The third kappa shape index (κ3) is 4.06.